The van der Waals surface area contributed by atoms with Crippen LogP contribution in [0.2, 0.25) is 0 Å². The zero-order valence-corrected chi connectivity index (χ0v) is 11.7. The third-order valence-electron chi connectivity index (χ3n) is 3.68. The Morgan fingerprint density at radius 1 is 1.37 bits per heavy atom. The summed E-state index contributed by atoms with van der Waals surface area (Å²) < 4.78 is 0. The fourth-order valence-corrected chi connectivity index (χ4v) is 2.07. The first kappa shape index (κ1) is 15.4. The minimum atomic E-state index is -0.463. The van der Waals surface area contributed by atoms with Gasteiger partial charge in [0.1, 0.15) is 13.1 Å². The number of rotatable bonds is 6. The van der Waals surface area contributed by atoms with E-state index in [1.54, 1.807) is 0 Å². The molecule has 7 nitrogen and oxygen atoms in total. The highest BCUT2D eigenvalue weighted by atomic mass is 16.2. The van der Waals surface area contributed by atoms with Crippen LogP contribution >= 0.6 is 0 Å². The molecular weight excluding hydrogens is 248 g/mol. The van der Waals surface area contributed by atoms with E-state index < -0.39 is 11.6 Å². The molecule has 0 bridgehead atoms. The summed E-state index contributed by atoms with van der Waals surface area (Å²) in [5, 5.41) is 2.83. The Balaban J connectivity index is 2.65. The molecule has 0 atom stereocenters. The van der Waals surface area contributed by atoms with Crippen molar-refractivity contribution in [3.05, 3.63) is 0 Å². The number of nitrogens with two attached hydrogens (primary N) is 1. The molecule has 1 aliphatic heterocycles. The van der Waals surface area contributed by atoms with E-state index in [4.69, 9.17) is 5.73 Å². The van der Waals surface area contributed by atoms with E-state index >= 15 is 0 Å². The fraction of sp³-hybridized carbons (Fsp3) is 0.750. The molecule has 0 aliphatic carbocycles. The predicted octanol–water partition coefficient (Wildman–Crippen LogP) is -0.486. The van der Waals surface area contributed by atoms with Crippen molar-refractivity contribution in [3.8, 4) is 0 Å². The summed E-state index contributed by atoms with van der Waals surface area (Å²) in [6, 6.07) is -0.438. The Hall–Kier alpha value is -1.63. The molecule has 1 fully saturated rings. The Labute approximate surface area is 113 Å². The van der Waals surface area contributed by atoms with Crippen LogP contribution in [0, 0.1) is 0 Å². The molecule has 0 saturated carbocycles. The van der Waals surface area contributed by atoms with Crippen LogP contribution in [0.15, 0.2) is 0 Å². The van der Waals surface area contributed by atoms with Crippen LogP contribution < -0.4 is 11.1 Å². The summed E-state index contributed by atoms with van der Waals surface area (Å²) in [6.07, 6.45) is 1.40. The Kier molecular flexibility index (Phi) is 4.88. The summed E-state index contributed by atoms with van der Waals surface area (Å²) in [5.74, 6) is -0.708. The van der Waals surface area contributed by atoms with E-state index in [9.17, 15) is 14.4 Å². The van der Waals surface area contributed by atoms with Crippen LogP contribution in [0.1, 0.15) is 26.7 Å². The minimum Gasteiger partial charge on any atom is -0.348 e. The van der Waals surface area contributed by atoms with Crippen molar-refractivity contribution >= 4 is 17.8 Å². The van der Waals surface area contributed by atoms with Gasteiger partial charge in [-0.05, 0) is 12.8 Å². The molecule has 7 heteroatoms. The van der Waals surface area contributed by atoms with Crippen LogP contribution in [-0.2, 0) is 9.59 Å². The van der Waals surface area contributed by atoms with Gasteiger partial charge in [0.15, 0.2) is 0 Å². The molecule has 0 radical (unpaired) electrons. The second-order valence-corrected chi connectivity index (χ2v) is 4.86. The quantitative estimate of drug-likeness (QED) is 0.637. The standard InChI is InChI=1S/C12H22N4O3/c1-4-12(5-2,8-13)14-9(17)6-16-10(18)7-15(3)11(16)19/h4-8,13H2,1-3H3,(H,14,17). The van der Waals surface area contributed by atoms with Crippen molar-refractivity contribution in [2.75, 3.05) is 26.7 Å². The molecule has 3 N–H and O–H groups in total. The lowest BCUT2D eigenvalue weighted by Gasteiger charge is -2.32. The van der Waals surface area contributed by atoms with E-state index in [1.807, 2.05) is 13.8 Å². The van der Waals surface area contributed by atoms with Gasteiger partial charge in [-0.3, -0.25) is 14.5 Å². The largest absolute Gasteiger partial charge is 0.348 e. The SMILES string of the molecule is CCC(CC)(CN)NC(=O)CN1C(=O)CN(C)C1=O. The molecular formula is C12H22N4O3. The van der Waals surface area contributed by atoms with Gasteiger partial charge in [-0.1, -0.05) is 13.8 Å². The Morgan fingerprint density at radius 2 is 1.95 bits per heavy atom. The molecule has 4 amide bonds. The van der Waals surface area contributed by atoms with Gasteiger partial charge in [0, 0.05) is 13.6 Å². The molecule has 0 spiro atoms. The van der Waals surface area contributed by atoms with Crippen LogP contribution in [0.3, 0.4) is 0 Å². The average molecular weight is 270 g/mol. The number of urea groups is 1. The first-order valence-corrected chi connectivity index (χ1v) is 6.45. The summed E-state index contributed by atoms with van der Waals surface area (Å²) >= 11 is 0. The smallest absolute Gasteiger partial charge is 0.327 e. The first-order chi connectivity index (χ1) is 8.89. The average Bonchev–Trinajstić information content (AvgIpc) is 2.63. The molecule has 0 unspecified atom stereocenters. The number of nitrogens with one attached hydrogen (secondary N) is 1. The molecule has 1 heterocycles. The van der Waals surface area contributed by atoms with E-state index in [0.717, 1.165) is 4.90 Å². The third kappa shape index (κ3) is 3.23. The number of carbonyl (C=O) groups excluding carboxylic acids is 3. The number of imide groups is 1. The summed E-state index contributed by atoms with van der Waals surface area (Å²) in [7, 11) is 1.53. The third-order valence-corrected chi connectivity index (χ3v) is 3.68. The minimum absolute atomic E-state index is 0.0235. The van der Waals surface area contributed by atoms with Crippen LogP contribution in [0.5, 0.6) is 0 Å². The van der Waals surface area contributed by atoms with Gasteiger partial charge < -0.3 is 16.0 Å². The van der Waals surface area contributed by atoms with Crippen molar-refractivity contribution in [1.82, 2.24) is 15.1 Å². The number of carbonyl (C=O) groups is 3. The Bertz CT molecular complexity index is 371. The summed E-state index contributed by atoms with van der Waals surface area (Å²) in [6.45, 7) is 3.99. The van der Waals surface area contributed by atoms with Gasteiger partial charge in [-0.2, -0.15) is 0 Å². The van der Waals surface area contributed by atoms with Crippen molar-refractivity contribution in [3.63, 3.8) is 0 Å². The lowest BCUT2D eigenvalue weighted by Crippen LogP contribution is -2.55. The topological polar surface area (TPSA) is 95.7 Å². The molecule has 0 aromatic rings. The number of likely N-dealkylation sites (N-methyl/N-ethyl adjacent to an activating group) is 1. The zero-order valence-electron chi connectivity index (χ0n) is 11.7. The molecule has 0 aromatic carbocycles. The highest BCUT2D eigenvalue weighted by molar-refractivity contribution is 6.04. The van der Waals surface area contributed by atoms with Crippen LogP contribution in [-0.4, -0.2) is 59.9 Å². The first-order valence-electron chi connectivity index (χ1n) is 6.45. The number of hydrogen-bond acceptors (Lipinski definition) is 4. The fourth-order valence-electron chi connectivity index (χ4n) is 2.07. The summed E-state index contributed by atoms with van der Waals surface area (Å²) in [4.78, 5) is 37.4. The molecule has 19 heavy (non-hydrogen) atoms. The van der Waals surface area contributed by atoms with E-state index in [0.29, 0.717) is 19.4 Å². The lowest BCUT2D eigenvalue weighted by atomic mass is 9.93. The van der Waals surface area contributed by atoms with Crippen molar-refractivity contribution in [2.24, 2.45) is 5.73 Å². The van der Waals surface area contributed by atoms with Crippen LogP contribution in [0.25, 0.3) is 0 Å². The molecule has 1 saturated heterocycles. The van der Waals surface area contributed by atoms with Crippen molar-refractivity contribution < 1.29 is 14.4 Å². The van der Waals surface area contributed by atoms with Gasteiger partial charge in [0.2, 0.25) is 5.91 Å². The van der Waals surface area contributed by atoms with E-state index in [1.165, 1.54) is 11.9 Å². The second-order valence-electron chi connectivity index (χ2n) is 4.86. The predicted molar refractivity (Wildman–Crippen MR) is 70.2 cm³/mol. The van der Waals surface area contributed by atoms with E-state index in [-0.39, 0.29) is 24.9 Å². The van der Waals surface area contributed by atoms with Crippen molar-refractivity contribution in [1.29, 1.82) is 0 Å². The van der Waals surface area contributed by atoms with Gasteiger partial charge >= 0.3 is 6.03 Å². The van der Waals surface area contributed by atoms with Gasteiger partial charge in [-0.25, -0.2) is 4.79 Å². The lowest BCUT2D eigenvalue weighted by molar-refractivity contribution is -0.131. The van der Waals surface area contributed by atoms with Gasteiger partial charge in [0.05, 0.1) is 5.54 Å². The monoisotopic (exact) mass is 270 g/mol. The second kappa shape index (κ2) is 6.01. The molecule has 0 aromatic heterocycles. The maximum atomic E-state index is 12.0. The number of amides is 4. The maximum absolute atomic E-state index is 12.0. The van der Waals surface area contributed by atoms with Crippen molar-refractivity contribution in [2.45, 2.75) is 32.2 Å². The highest BCUT2D eigenvalue weighted by Gasteiger charge is 2.36. The van der Waals surface area contributed by atoms with E-state index in [2.05, 4.69) is 5.32 Å². The maximum Gasteiger partial charge on any atom is 0.327 e. The Morgan fingerprint density at radius 3 is 2.32 bits per heavy atom. The normalized spacial score (nSPS) is 16.2. The number of nitrogens with zero attached hydrogens (tertiary/aromatic N) is 2. The van der Waals surface area contributed by atoms with Gasteiger partial charge in [-0.15, -0.1) is 0 Å². The highest BCUT2D eigenvalue weighted by Crippen LogP contribution is 2.14. The zero-order chi connectivity index (χ0) is 14.6. The van der Waals surface area contributed by atoms with Gasteiger partial charge in [0.25, 0.3) is 5.91 Å². The summed E-state index contributed by atoms with van der Waals surface area (Å²) in [5.41, 5.74) is 5.23. The number of hydrogen-bond donors (Lipinski definition) is 2. The molecule has 108 valence electrons. The molecule has 1 rings (SSSR count). The molecule has 1 aliphatic rings. The van der Waals surface area contributed by atoms with Crippen LogP contribution in [0.4, 0.5) is 4.79 Å².